The Balaban J connectivity index is 1.65. The highest BCUT2D eigenvalue weighted by Crippen LogP contribution is 2.27. The summed E-state index contributed by atoms with van der Waals surface area (Å²) < 4.78 is 31.3. The van der Waals surface area contributed by atoms with E-state index in [4.69, 9.17) is 4.42 Å². The molecule has 0 aliphatic heterocycles. The summed E-state index contributed by atoms with van der Waals surface area (Å²) in [6.07, 6.45) is 1.21. The number of Topliss-reactive ketones (excluding diaryl/α,β-unsaturated/α-hetero) is 1. The maximum absolute atomic E-state index is 12.5. The Kier molecular flexibility index (Phi) is 7.14. The molecule has 3 aromatic rings. The Bertz CT molecular complexity index is 1200. The van der Waals surface area contributed by atoms with Crippen LogP contribution in [0, 0.1) is 0 Å². The van der Waals surface area contributed by atoms with Crippen LogP contribution in [0.25, 0.3) is 11.1 Å². The number of oxazole rings is 1. The number of hydrogen-bond acceptors (Lipinski definition) is 7. The van der Waals surface area contributed by atoms with Gasteiger partial charge in [-0.2, -0.15) is 0 Å². The molecule has 1 aromatic heterocycles. The number of rotatable bonds is 9. The first-order chi connectivity index (χ1) is 14.7. The molecule has 2 aromatic carbocycles. The van der Waals surface area contributed by atoms with Gasteiger partial charge in [0.2, 0.25) is 15.9 Å². The molecule has 3 rings (SSSR count). The number of amides is 1. The summed E-state index contributed by atoms with van der Waals surface area (Å²) in [6.45, 7) is 1.93. The van der Waals surface area contributed by atoms with Crippen molar-refractivity contribution in [2.75, 3.05) is 25.2 Å². The van der Waals surface area contributed by atoms with Crippen molar-refractivity contribution in [3.05, 3.63) is 48.0 Å². The number of aromatic nitrogens is 1. The second-order valence-electron chi connectivity index (χ2n) is 6.98. The smallest absolute Gasteiger partial charge is 0.257 e. The molecule has 10 heteroatoms. The molecule has 0 aliphatic carbocycles. The highest BCUT2D eigenvalue weighted by atomic mass is 32.2. The summed E-state index contributed by atoms with van der Waals surface area (Å²) >= 11 is 1.13. The number of benzene rings is 2. The number of hydrogen-bond donors (Lipinski definition) is 1. The zero-order valence-corrected chi connectivity index (χ0v) is 19.0. The van der Waals surface area contributed by atoms with Crippen LogP contribution in [0.2, 0.25) is 0 Å². The molecule has 0 saturated heterocycles. The largest absolute Gasteiger partial charge is 0.431 e. The molecule has 0 saturated carbocycles. The number of sulfonamides is 1. The van der Waals surface area contributed by atoms with E-state index in [1.165, 1.54) is 26.2 Å². The van der Waals surface area contributed by atoms with E-state index < -0.39 is 10.0 Å². The zero-order valence-electron chi connectivity index (χ0n) is 17.4. The van der Waals surface area contributed by atoms with E-state index in [1.54, 1.807) is 30.3 Å². The Labute approximate surface area is 185 Å². The fourth-order valence-corrected chi connectivity index (χ4v) is 4.37. The molecule has 0 atom stereocenters. The van der Waals surface area contributed by atoms with Crippen LogP contribution >= 0.6 is 11.8 Å². The van der Waals surface area contributed by atoms with Crippen LogP contribution in [0.3, 0.4) is 0 Å². The number of thioether (sulfide) groups is 1. The van der Waals surface area contributed by atoms with Gasteiger partial charge in [-0.3, -0.25) is 9.59 Å². The van der Waals surface area contributed by atoms with Gasteiger partial charge in [0, 0.05) is 31.8 Å². The first-order valence-corrected chi connectivity index (χ1v) is 12.0. The van der Waals surface area contributed by atoms with Crippen LogP contribution in [0.1, 0.15) is 30.1 Å². The summed E-state index contributed by atoms with van der Waals surface area (Å²) in [7, 11) is -0.653. The van der Waals surface area contributed by atoms with Crippen molar-refractivity contribution in [3.63, 3.8) is 0 Å². The van der Waals surface area contributed by atoms with Gasteiger partial charge < -0.3 is 9.73 Å². The van der Waals surface area contributed by atoms with Crippen molar-refractivity contribution in [2.24, 2.45) is 0 Å². The predicted octanol–water partition coefficient (Wildman–Crippen LogP) is 3.79. The second kappa shape index (κ2) is 9.63. The van der Waals surface area contributed by atoms with Gasteiger partial charge in [0.15, 0.2) is 11.4 Å². The monoisotopic (exact) mass is 461 g/mol. The number of ketones is 1. The minimum atomic E-state index is -3.57. The molecule has 1 amide bonds. The predicted molar refractivity (Wildman–Crippen MR) is 120 cm³/mol. The van der Waals surface area contributed by atoms with Gasteiger partial charge in [-0.15, -0.1) is 0 Å². The number of nitrogens with one attached hydrogen (secondary N) is 1. The van der Waals surface area contributed by atoms with Gasteiger partial charge in [-0.25, -0.2) is 17.7 Å². The van der Waals surface area contributed by atoms with Crippen molar-refractivity contribution < 1.29 is 22.4 Å². The van der Waals surface area contributed by atoms with Gasteiger partial charge in [0.05, 0.1) is 10.6 Å². The number of carbonyl (C=O) groups is 2. The number of anilines is 1. The van der Waals surface area contributed by atoms with Crippen LogP contribution in [-0.2, 0) is 14.8 Å². The van der Waals surface area contributed by atoms with Crippen molar-refractivity contribution in [1.82, 2.24) is 9.29 Å². The van der Waals surface area contributed by atoms with E-state index in [2.05, 4.69) is 10.3 Å². The van der Waals surface area contributed by atoms with Crippen LogP contribution in [0.5, 0.6) is 0 Å². The molecule has 164 valence electrons. The van der Waals surface area contributed by atoms with Crippen molar-refractivity contribution in [3.8, 4) is 0 Å². The first kappa shape index (κ1) is 23.0. The minimum Gasteiger partial charge on any atom is -0.431 e. The van der Waals surface area contributed by atoms with Crippen molar-refractivity contribution in [1.29, 1.82) is 0 Å². The minimum absolute atomic E-state index is 0.0605. The van der Waals surface area contributed by atoms with E-state index in [-0.39, 0.29) is 27.6 Å². The van der Waals surface area contributed by atoms with E-state index in [9.17, 15) is 18.0 Å². The summed E-state index contributed by atoms with van der Waals surface area (Å²) in [6, 6.07) is 11.2. The third-order valence-corrected chi connectivity index (χ3v) is 7.05. The molecular formula is C21H23N3O5S2. The van der Waals surface area contributed by atoms with Gasteiger partial charge in [-0.1, -0.05) is 18.7 Å². The van der Waals surface area contributed by atoms with E-state index in [1.807, 2.05) is 6.92 Å². The number of fused-ring (bicyclic) bond motifs is 1. The standard InChI is InChI=1S/C21H23N3O5S2/c1-4-5-20(26)22-15-8-6-14(7-9-15)18(25)13-30-21-23-17-12-16(10-11-19(17)29-21)31(27,28)24(2)3/h6-12H,4-5,13H2,1-3H3,(H,22,26). The Morgan fingerprint density at radius 2 is 1.84 bits per heavy atom. The van der Waals surface area contributed by atoms with E-state index in [0.717, 1.165) is 22.5 Å². The lowest BCUT2D eigenvalue weighted by atomic mass is 10.1. The van der Waals surface area contributed by atoms with Gasteiger partial charge in [0.1, 0.15) is 5.52 Å². The molecule has 0 bridgehead atoms. The Morgan fingerprint density at radius 3 is 2.48 bits per heavy atom. The normalized spacial score (nSPS) is 11.7. The highest BCUT2D eigenvalue weighted by Gasteiger charge is 2.19. The maximum Gasteiger partial charge on any atom is 0.257 e. The van der Waals surface area contributed by atoms with E-state index >= 15 is 0 Å². The fourth-order valence-electron chi connectivity index (χ4n) is 2.72. The average molecular weight is 462 g/mol. The summed E-state index contributed by atoms with van der Waals surface area (Å²) in [5.74, 6) is -0.0683. The topological polar surface area (TPSA) is 110 Å². The molecule has 0 aliphatic rings. The molecule has 1 heterocycles. The van der Waals surface area contributed by atoms with Gasteiger partial charge in [0.25, 0.3) is 5.22 Å². The van der Waals surface area contributed by atoms with Gasteiger partial charge >= 0.3 is 0 Å². The third kappa shape index (κ3) is 5.52. The fraction of sp³-hybridized carbons (Fsp3) is 0.286. The SMILES string of the molecule is CCCC(=O)Nc1ccc(C(=O)CSc2nc3cc(S(=O)(=O)N(C)C)ccc3o2)cc1. The lowest BCUT2D eigenvalue weighted by molar-refractivity contribution is -0.116. The molecule has 0 unspecified atom stereocenters. The molecule has 0 fully saturated rings. The van der Waals surface area contributed by atoms with Crippen molar-refractivity contribution in [2.45, 2.75) is 29.9 Å². The first-order valence-electron chi connectivity index (χ1n) is 9.59. The summed E-state index contributed by atoms with van der Waals surface area (Å²) in [5.41, 5.74) is 2.01. The molecular weight excluding hydrogens is 438 g/mol. The summed E-state index contributed by atoms with van der Waals surface area (Å²) in [4.78, 5) is 28.5. The Morgan fingerprint density at radius 1 is 1.13 bits per heavy atom. The molecule has 31 heavy (non-hydrogen) atoms. The van der Waals surface area contributed by atoms with Gasteiger partial charge in [-0.05, 0) is 48.9 Å². The van der Waals surface area contributed by atoms with Crippen LogP contribution in [-0.4, -0.2) is 49.2 Å². The van der Waals surface area contributed by atoms with Crippen LogP contribution < -0.4 is 5.32 Å². The number of nitrogens with zero attached hydrogens (tertiary/aromatic N) is 2. The molecule has 0 spiro atoms. The quantitative estimate of drug-likeness (QED) is 0.381. The van der Waals surface area contributed by atoms with Crippen LogP contribution in [0.4, 0.5) is 5.69 Å². The summed E-state index contributed by atoms with van der Waals surface area (Å²) in [5, 5.41) is 3.06. The van der Waals surface area contributed by atoms with E-state index in [0.29, 0.717) is 28.8 Å². The lowest BCUT2D eigenvalue weighted by Crippen LogP contribution is -2.22. The zero-order chi connectivity index (χ0) is 22.6. The number of carbonyl (C=O) groups excluding carboxylic acids is 2. The maximum atomic E-state index is 12.5. The third-order valence-electron chi connectivity index (χ3n) is 4.41. The molecule has 8 nitrogen and oxygen atoms in total. The molecule has 0 radical (unpaired) electrons. The highest BCUT2D eigenvalue weighted by molar-refractivity contribution is 7.99. The van der Waals surface area contributed by atoms with Crippen molar-refractivity contribution >= 4 is 50.3 Å². The second-order valence-corrected chi connectivity index (χ2v) is 10.1. The Hall–Kier alpha value is -2.69. The average Bonchev–Trinajstić information content (AvgIpc) is 3.14. The lowest BCUT2D eigenvalue weighted by Gasteiger charge is -2.10. The molecule has 1 N–H and O–H groups in total. The van der Waals surface area contributed by atoms with Crippen LogP contribution in [0.15, 0.2) is 57.0 Å².